The molecule has 0 aromatic heterocycles. The number of carbonyl (C=O) groups excluding carboxylic acids is 1. The number of benzene rings is 2. The lowest BCUT2D eigenvalue weighted by Crippen LogP contribution is -2.05. The smallest absolute Gasteiger partial charge is 0.455 e. The van der Waals surface area contributed by atoms with Gasteiger partial charge in [-0.2, -0.15) is 0 Å². The molecule has 0 saturated carbocycles. The SMILES string of the molecule is COC(=O)OCc1cc(Cl)ccc1Oc1ccc(Cl)cc1Cl. The molecule has 22 heavy (non-hydrogen) atoms. The Balaban J connectivity index is 2.24. The number of carbonyl (C=O) groups is 1. The van der Waals surface area contributed by atoms with Crippen LogP contribution in [-0.2, 0) is 16.1 Å². The van der Waals surface area contributed by atoms with E-state index in [-0.39, 0.29) is 6.61 Å². The molecule has 0 heterocycles. The van der Waals surface area contributed by atoms with Crippen LogP contribution in [0.1, 0.15) is 5.56 Å². The zero-order chi connectivity index (χ0) is 16.1. The van der Waals surface area contributed by atoms with Gasteiger partial charge in [0.15, 0.2) is 0 Å². The minimum Gasteiger partial charge on any atom is -0.455 e. The fraction of sp³-hybridized carbons (Fsp3) is 0.133. The molecule has 0 aliphatic rings. The average Bonchev–Trinajstić information content (AvgIpc) is 2.49. The predicted octanol–water partition coefficient (Wildman–Crippen LogP) is 5.72. The first-order chi connectivity index (χ1) is 10.5. The van der Waals surface area contributed by atoms with Crippen molar-refractivity contribution in [3.05, 3.63) is 57.0 Å². The number of hydrogen-bond acceptors (Lipinski definition) is 4. The Labute approximate surface area is 142 Å². The van der Waals surface area contributed by atoms with Gasteiger partial charge >= 0.3 is 6.16 Å². The second-order valence-electron chi connectivity index (χ2n) is 4.17. The zero-order valence-corrected chi connectivity index (χ0v) is 13.7. The Bertz CT molecular complexity index is 688. The third-order valence-corrected chi connectivity index (χ3v) is 3.41. The van der Waals surface area contributed by atoms with Crippen LogP contribution in [0, 0.1) is 0 Å². The van der Waals surface area contributed by atoms with Crippen molar-refractivity contribution in [2.75, 3.05) is 7.11 Å². The normalized spacial score (nSPS) is 10.2. The molecule has 0 saturated heterocycles. The molecule has 2 aromatic rings. The number of ether oxygens (including phenoxy) is 3. The van der Waals surface area contributed by atoms with Gasteiger partial charge in [-0.25, -0.2) is 4.79 Å². The lowest BCUT2D eigenvalue weighted by atomic mass is 10.2. The number of methoxy groups -OCH3 is 1. The molecular weight excluding hydrogens is 351 g/mol. The number of halogens is 3. The third kappa shape index (κ3) is 4.44. The topological polar surface area (TPSA) is 44.8 Å². The summed E-state index contributed by atoms with van der Waals surface area (Å²) < 4.78 is 15.1. The van der Waals surface area contributed by atoms with Crippen LogP contribution in [0.2, 0.25) is 15.1 Å². The summed E-state index contributed by atoms with van der Waals surface area (Å²) in [5, 5.41) is 1.35. The van der Waals surface area contributed by atoms with Crippen molar-refractivity contribution in [2.45, 2.75) is 6.61 Å². The summed E-state index contributed by atoms with van der Waals surface area (Å²) in [5.74, 6) is 0.880. The Kier molecular flexibility index (Phi) is 5.77. The van der Waals surface area contributed by atoms with Crippen molar-refractivity contribution >= 4 is 41.0 Å². The van der Waals surface area contributed by atoms with E-state index in [1.807, 2.05) is 0 Å². The average molecular weight is 362 g/mol. The molecule has 0 bridgehead atoms. The quantitative estimate of drug-likeness (QED) is 0.653. The molecule has 0 aliphatic carbocycles. The van der Waals surface area contributed by atoms with Crippen molar-refractivity contribution in [3.8, 4) is 11.5 Å². The summed E-state index contributed by atoms with van der Waals surface area (Å²) in [7, 11) is 1.23. The van der Waals surface area contributed by atoms with Gasteiger partial charge in [0.1, 0.15) is 18.1 Å². The molecule has 0 amide bonds. The van der Waals surface area contributed by atoms with Crippen LogP contribution in [0.5, 0.6) is 11.5 Å². The van der Waals surface area contributed by atoms with Crippen LogP contribution in [0.15, 0.2) is 36.4 Å². The van der Waals surface area contributed by atoms with E-state index in [4.69, 9.17) is 44.3 Å². The molecule has 0 aliphatic heterocycles. The summed E-state index contributed by atoms with van der Waals surface area (Å²) in [6, 6.07) is 9.81. The van der Waals surface area contributed by atoms with E-state index in [1.165, 1.54) is 7.11 Å². The van der Waals surface area contributed by atoms with Crippen molar-refractivity contribution in [1.29, 1.82) is 0 Å². The van der Waals surface area contributed by atoms with Gasteiger partial charge in [0, 0.05) is 15.6 Å². The van der Waals surface area contributed by atoms with Crippen molar-refractivity contribution in [3.63, 3.8) is 0 Å². The third-order valence-electron chi connectivity index (χ3n) is 2.65. The Hall–Kier alpha value is -1.62. The van der Waals surface area contributed by atoms with Gasteiger partial charge in [0.05, 0.1) is 12.1 Å². The summed E-state index contributed by atoms with van der Waals surface area (Å²) in [6.45, 7) is -0.0478. The first-order valence-corrected chi connectivity index (χ1v) is 7.25. The van der Waals surface area contributed by atoms with Crippen molar-refractivity contribution in [1.82, 2.24) is 0 Å². The van der Waals surface area contributed by atoms with Crippen LogP contribution in [-0.4, -0.2) is 13.3 Å². The summed E-state index contributed by atoms with van der Waals surface area (Å²) >= 11 is 17.9. The van der Waals surface area contributed by atoms with Crippen LogP contribution in [0.4, 0.5) is 4.79 Å². The highest BCUT2D eigenvalue weighted by Crippen LogP contribution is 2.34. The minimum atomic E-state index is -0.796. The van der Waals surface area contributed by atoms with E-state index in [0.717, 1.165) is 0 Å². The molecule has 0 unspecified atom stereocenters. The molecule has 2 aromatic carbocycles. The van der Waals surface area contributed by atoms with Gasteiger partial charge in [-0.05, 0) is 36.4 Å². The Morgan fingerprint density at radius 1 is 1.00 bits per heavy atom. The van der Waals surface area contributed by atoms with E-state index >= 15 is 0 Å². The van der Waals surface area contributed by atoms with Gasteiger partial charge in [0.25, 0.3) is 0 Å². The van der Waals surface area contributed by atoms with E-state index in [9.17, 15) is 4.79 Å². The van der Waals surface area contributed by atoms with E-state index in [0.29, 0.717) is 32.1 Å². The molecule has 0 atom stereocenters. The minimum absolute atomic E-state index is 0.0478. The van der Waals surface area contributed by atoms with Gasteiger partial charge in [0.2, 0.25) is 0 Å². The first-order valence-electron chi connectivity index (χ1n) is 6.11. The summed E-state index contributed by atoms with van der Waals surface area (Å²) in [6.07, 6.45) is -0.796. The standard InChI is InChI=1S/C15H11Cl3O4/c1-20-15(19)21-8-9-6-10(16)2-4-13(9)22-14-5-3-11(17)7-12(14)18/h2-7H,8H2,1H3. The first kappa shape index (κ1) is 16.7. The maximum atomic E-state index is 11.1. The molecular formula is C15H11Cl3O4. The highest BCUT2D eigenvalue weighted by molar-refractivity contribution is 6.35. The molecule has 7 heteroatoms. The van der Waals surface area contributed by atoms with Crippen LogP contribution in [0.3, 0.4) is 0 Å². The predicted molar refractivity (Wildman–Crippen MR) is 85.2 cm³/mol. The lowest BCUT2D eigenvalue weighted by molar-refractivity contribution is 0.0665. The van der Waals surface area contributed by atoms with Crippen LogP contribution >= 0.6 is 34.8 Å². The van der Waals surface area contributed by atoms with Gasteiger partial charge < -0.3 is 14.2 Å². The largest absolute Gasteiger partial charge is 0.508 e. The van der Waals surface area contributed by atoms with Crippen molar-refractivity contribution in [2.24, 2.45) is 0 Å². The van der Waals surface area contributed by atoms with Gasteiger partial charge in [-0.1, -0.05) is 34.8 Å². The molecule has 0 spiro atoms. The Morgan fingerprint density at radius 2 is 1.64 bits per heavy atom. The number of rotatable bonds is 4. The van der Waals surface area contributed by atoms with Crippen molar-refractivity contribution < 1.29 is 19.0 Å². The molecule has 0 radical (unpaired) electrons. The maximum Gasteiger partial charge on any atom is 0.508 e. The van der Waals surface area contributed by atoms with Crippen LogP contribution < -0.4 is 4.74 Å². The van der Waals surface area contributed by atoms with Gasteiger partial charge in [-0.15, -0.1) is 0 Å². The maximum absolute atomic E-state index is 11.1. The summed E-state index contributed by atoms with van der Waals surface area (Å²) in [5.41, 5.74) is 0.573. The molecule has 0 N–H and O–H groups in total. The number of hydrogen-bond donors (Lipinski definition) is 0. The van der Waals surface area contributed by atoms with E-state index in [2.05, 4.69) is 4.74 Å². The van der Waals surface area contributed by atoms with Gasteiger partial charge in [-0.3, -0.25) is 0 Å². The highest BCUT2D eigenvalue weighted by Gasteiger charge is 2.11. The molecule has 0 fully saturated rings. The zero-order valence-electron chi connectivity index (χ0n) is 11.4. The second kappa shape index (κ2) is 7.58. The Morgan fingerprint density at radius 3 is 2.27 bits per heavy atom. The fourth-order valence-electron chi connectivity index (χ4n) is 1.63. The summed E-state index contributed by atoms with van der Waals surface area (Å²) in [4.78, 5) is 11.1. The second-order valence-corrected chi connectivity index (χ2v) is 5.45. The molecule has 4 nitrogen and oxygen atoms in total. The highest BCUT2D eigenvalue weighted by atomic mass is 35.5. The molecule has 116 valence electrons. The lowest BCUT2D eigenvalue weighted by Gasteiger charge is -2.13. The molecule has 2 rings (SSSR count). The van der Waals surface area contributed by atoms with E-state index in [1.54, 1.807) is 36.4 Å². The monoisotopic (exact) mass is 360 g/mol. The fourth-order valence-corrected chi connectivity index (χ4v) is 2.27. The van der Waals surface area contributed by atoms with Crippen LogP contribution in [0.25, 0.3) is 0 Å². The van der Waals surface area contributed by atoms with E-state index < -0.39 is 6.16 Å².